The van der Waals surface area contributed by atoms with Crippen molar-refractivity contribution in [3.8, 4) is 5.75 Å². The van der Waals surface area contributed by atoms with E-state index in [-0.39, 0.29) is 22.1 Å². The first-order valence-corrected chi connectivity index (χ1v) is 11.1. The van der Waals surface area contributed by atoms with Crippen LogP contribution in [0, 0.1) is 6.92 Å². The van der Waals surface area contributed by atoms with Gasteiger partial charge in [-0.25, -0.2) is 14.6 Å². The van der Waals surface area contributed by atoms with E-state index in [0.717, 1.165) is 20.3 Å². The Morgan fingerprint density at radius 1 is 0.971 bits per heavy atom. The molecular formula is C20H21ClN4O8S. The Balaban J connectivity index is 2.64. The largest absolute Gasteiger partial charge is 0.453 e. The topological polar surface area (TPSA) is 161 Å². The highest BCUT2D eigenvalue weighted by atomic mass is 35.5. The van der Waals surface area contributed by atoms with Crippen LogP contribution >= 0.6 is 11.6 Å². The molecule has 0 fully saturated rings. The lowest BCUT2D eigenvalue weighted by Gasteiger charge is -2.14. The number of nitrogens with one attached hydrogen (secondary N) is 3. The molecule has 182 valence electrons. The number of guanidine groups is 1. The minimum absolute atomic E-state index is 0.0343. The second kappa shape index (κ2) is 11.3. The van der Waals surface area contributed by atoms with Crippen molar-refractivity contribution in [1.29, 1.82) is 0 Å². The van der Waals surface area contributed by atoms with Gasteiger partial charge in [-0.1, -0.05) is 17.7 Å². The summed E-state index contributed by atoms with van der Waals surface area (Å²) in [6.45, 7) is 2.86. The molecule has 0 bridgehead atoms. The zero-order chi connectivity index (χ0) is 25.5. The zero-order valence-electron chi connectivity index (χ0n) is 18.5. The van der Waals surface area contributed by atoms with Gasteiger partial charge in [-0.2, -0.15) is 8.42 Å². The average molecular weight is 513 g/mol. The number of carbonyl (C=O) groups excluding carboxylic acids is 3. The van der Waals surface area contributed by atoms with Gasteiger partial charge in [0.1, 0.15) is 10.6 Å². The van der Waals surface area contributed by atoms with Crippen LogP contribution in [0.1, 0.15) is 12.5 Å². The van der Waals surface area contributed by atoms with Crippen molar-refractivity contribution < 1.29 is 36.5 Å². The van der Waals surface area contributed by atoms with Crippen LogP contribution in [0.3, 0.4) is 0 Å². The van der Waals surface area contributed by atoms with Crippen LogP contribution in [-0.2, 0) is 24.4 Å². The van der Waals surface area contributed by atoms with Gasteiger partial charge in [0.15, 0.2) is 0 Å². The predicted octanol–water partition coefficient (Wildman–Crippen LogP) is 3.07. The number of nitrogens with zero attached hydrogens (tertiary/aromatic N) is 1. The van der Waals surface area contributed by atoms with Crippen LogP contribution in [0.4, 0.5) is 21.0 Å². The molecule has 3 N–H and O–H groups in total. The molecule has 0 aliphatic heterocycles. The van der Waals surface area contributed by atoms with Crippen LogP contribution in [0.5, 0.6) is 5.75 Å². The van der Waals surface area contributed by atoms with Crippen LogP contribution in [0.25, 0.3) is 0 Å². The molecule has 0 saturated carbocycles. The van der Waals surface area contributed by atoms with Gasteiger partial charge in [-0.3, -0.25) is 15.4 Å². The van der Waals surface area contributed by atoms with E-state index in [4.69, 9.17) is 15.8 Å². The fourth-order valence-electron chi connectivity index (χ4n) is 2.42. The highest BCUT2D eigenvalue weighted by Crippen LogP contribution is 2.32. The van der Waals surface area contributed by atoms with Gasteiger partial charge >= 0.3 is 22.3 Å². The van der Waals surface area contributed by atoms with E-state index < -0.39 is 39.1 Å². The highest BCUT2D eigenvalue weighted by Gasteiger charge is 2.24. The molecule has 0 atom stereocenters. The van der Waals surface area contributed by atoms with Gasteiger partial charge in [0.05, 0.1) is 19.9 Å². The van der Waals surface area contributed by atoms with Crippen molar-refractivity contribution in [3.63, 3.8) is 0 Å². The van der Waals surface area contributed by atoms with Crippen molar-refractivity contribution in [2.75, 3.05) is 19.5 Å². The highest BCUT2D eigenvalue weighted by molar-refractivity contribution is 7.87. The van der Waals surface area contributed by atoms with E-state index in [9.17, 15) is 22.8 Å². The molecule has 0 aliphatic rings. The summed E-state index contributed by atoms with van der Waals surface area (Å²) in [5.74, 6) is -0.985. The monoisotopic (exact) mass is 512 g/mol. The lowest BCUT2D eigenvalue weighted by atomic mass is 10.2. The summed E-state index contributed by atoms with van der Waals surface area (Å²) < 4.78 is 40.6. The molecule has 0 radical (unpaired) electrons. The van der Waals surface area contributed by atoms with Crippen molar-refractivity contribution >= 4 is 57.1 Å². The number of carbonyl (C=O) groups is 3. The molecule has 0 saturated heterocycles. The molecule has 14 heteroatoms. The summed E-state index contributed by atoms with van der Waals surface area (Å²) >= 11 is 5.95. The van der Waals surface area contributed by atoms with Gasteiger partial charge in [-0.15, -0.1) is 0 Å². The lowest BCUT2D eigenvalue weighted by molar-refractivity contribution is -0.114. The van der Waals surface area contributed by atoms with Gasteiger partial charge in [0.25, 0.3) is 0 Å². The first-order chi connectivity index (χ1) is 15.9. The van der Waals surface area contributed by atoms with Gasteiger partial charge in [-0.05, 0) is 36.8 Å². The second-order valence-corrected chi connectivity index (χ2v) is 8.46. The van der Waals surface area contributed by atoms with E-state index in [0.29, 0.717) is 5.56 Å². The van der Waals surface area contributed by atoms with Gasteiger partial charge in [0.2, 0.25) is 11.9 Å². The molecule has 3 amide bonds. The summed E-state index contributed by atoms with van der Waals surface area (Å²) in [7, 11) is -2.41. The predicted molar refractivity (Wildman–Crippen MR) is 123 cm³/mol. The summed E-state index contributed by atoms with van der Waals surface area (Å²) in [6.07, 6.45) is -2.00. The molecule has 12 nitrogen and oxygen atoms in total. The Hall–Kier alpha value is -3.84. The van der Waals surface area contributed by atoms with Gasteiger partial charge in [0, 0.05) is 23.7 Å². The van der Waals surface area contributed by atoms with Crippen LogP contribution < -0.4 is 20.1 Å². The molecule has 0 unspecified atom stereocenters. The summed E-state index contributed by atoms with van der Waals surface area (Å²) in [6, 6.07) is 8.13. The number of amides is 3. The average Bonchev–Trinajstić information content (AvgIpc) is 2.76. The Morgan fingerprint density at radius 2 is 1.59 bits per heavy atom. The quantitative estimate of drug-likeness (QED) is 0.313. The van der Waals surface area contributed by atoms with Gasteiger partial charge < -0.3 is 19.0 Å². The first kappa shape index (κ1) is 26.4. The van der Waals surface area contributed by atoms with Crippen LogP contribution in [0.15, 0.2) is 46.3 Å². The summed E-state index contributed by atoms with van der Waals surface area (Å²) in [5, 5.41) is 6.95. The Labute approximate surface area is 200 Å². The molecule has 0 aromatic heterocycles. The molecule has 2 aromatic rings. The van der Waals surface area contributed by atoms with E-state index in [1.165, 1.54) is 25.1 Å². The maximum atomic E-state index is 13.2. The zero-order valence-corrected chi connectivity index (χ0v) is 20.0. The maximum Gasteiger partial charge on any atom is 0.413 e. The summed E-state index contributed by atoms with van der Waals surface area (Å²) in [4.78, 5) is 38.2. The van der Waals surface area contributed by atoms with Crippen molar-refractivity contribution in [2.45, 2.75) is 18.7 Å². The lowest BCUT2D eigenvalue weighted by Crippen LogP contribution is -2.43. The SMILES string of the molecule is COC(=O)NC(=Nc1ccc(NC(C)=O)cc1S(=O)(=O)Oc1cc(Cl)ccc1C)NC(=O)OC. The molecular weight excluding hydrogens is 492 g/mol. The van der Waals surface area contributed by atoms with E-state index in [2.05, 4.69) is 30.4 Å². The third-order valence-electron chi connectivity index (χ3n) is 3.94. The number of halogens is 1. The normalized spacial score (nSPS) is 10.5. The van der Waals surface area contributed by atoms with E-state index in [1.807, 2.05) is 0 Å². The number of benzene rings is 2. The fraction of sp³-hybridized carbons (Fsp3) is 0.200. The number of hydrogen-bond donors (Lipinski definition) is 3. The second-order valence-electron chi connectivity index (χ2n) is 6.50. The van der Waals surface area contributed by atoms with Crippen molar-refractivity contribution in [2.24, 2.45) is 4.99 Å². The minimum Gasteiger partial charge on any atom is -0.453 e. The summed E-state index contributed by atoms with van der Waals surface area (Å²) in [5.41, 5.74) is 0.355. The maximum absolute atomic E-state index is 13.2. The van der Waals surface area contributed by atoms with Crippen LogP contribution in [0.2, 0.25) is 5.02 Å². The number of ether oxygens (including phenoxy) is 2. The third-order valence-corrected chi connectivity index (χ3v) is 5.44. The Kier molecular flexibility index (Phi) is 8.81. The molecule has 2 aromatic carbocycles. The molecule has 2 rings (SSSR count). The number of methoxy groups -OCH3 is 2. The number of rotatable bonds is 5. The molecule has 0 heterocycles. The van der Waals surface area contributed by atoms with Crippen molar-refractivity contribution in [1.82, 2.24) is 10.6 Å². The smallest absolute Gasteiger partial charge is 0.413 e. The Bertz CT molecular complexity index is 1230. The minimum atomic E-state index is -4.56. The fourth-order valence-corrected chi connectivity index (χ4v) is 3.73. The Morgan fingerprint density at radius 3 is 2.15 bits per heavy atom. The number of anilines is 1. The number of aryl methyl sites for hydroxylation is 1. The third kappa shape index (κ3) is 7.35. The van der Waals surface area contributed by atoms with E-state index in [1.54, 1.807) is 19.1 Å². The number of hydrogen-bond acceptors (Lipinski definition) is 9. The van der Waals surface area contributed by atoms with Crippen LogP contribution in [-0.4, -0.2) is 46.7 Å². The van der Waals surface area contributed by atoms with Crippen molar-refractivity contribution in [3.05, 3.63) is 47.0 Å². The van der Waals surface area contributed by atoms with E-state index >= 15 is 0 Å². The first-order valence-electron chi connectivity index (χ1n) is 9.36. The standard InChI is InChI=1S/C20H21ClN4O8S/c1-11-5-6-13(21)9-16(11)33-34(29,30)17-10-14(22-12(2)26)7-8-15(17)23-18(24-19(27)31-3)25-20(28)32-4/h5-10H,1-4H3,(H,22,26)(H2,23,24,25,27,28). The molecule has 0 aliphatic carbocycles. The number of aliphatic imine (C=N–C) groups is 1. The molecule has 34 heavy (non-hydrogen) atoms. The number of alkyl carbamates (subject to hydrolysis) is 2. The molecule has 0 spiro atoms.